The molecule has 1 fully saturated rings. The van der Waals surface area contributed by atoms with Crippen LogP contribution in [0.2, 0.25) is 0 Å². The Labute approximate surface area is 141 Å². The molecule has 0 unspecified atom stereocenters. The van der Waals surface area contributed by atoms with Gasteiger partial charge in [-0.25, -0.2) is 8.42 Å². The van der Waals surface area contributed by atoms with Crippen molar-refractivity contribution in [1.29, 1.82) is 0 Å². The van der Waals surface area contributed by atoms with Gasteiger partial charge in [-0.15, -0.1) is 0 Å². The first-order valence-electron chi connectivity index (χ1n) is 7.78. The number of benzene rings is 1. The summed E-state index contributed by atoms with van der Waals surface area (Å²) in [7, 11) is -3.17. The van der Waals surface area contributed by atoms with Crippen LogP contribution >= 0.6 is 0 Å². The molecular weight excluding hydrogens is 334 g/mol. The molecule has 0 saturated carbocycles. The summed E-state index contributed by atoms with van der Waals surface area (Å²) in [5.41, 5.74) is 0.792. The quantitative estimate of drug-likeness (QED) is 0.726. The number of hydrogen-bond donors (Lipinski definition) is 2. The fourth-order valence-electron chi connectivity index (χ4n) is 2.40. The number of carbonyl (C=O) groups is 1. The van der Waals surface area contributed by atoms with Gasteiger partial charge < -0.3 is 19.9 Å². The molecule has 0 radical (unpaired) electrons. The molecular formula is C16H23NO6S. The molecule has 134 valence electrons. The monoisotopic (exact) mass is 357 g/mol. The van der Waals surface area contributed by atoms with Crippen LogP contribution in [0.25, 0.3) is 0 Å². The van der Waals surface area contributed by atoms with Gasteiger partial charge in [-0.3, -0.25) is 4.79 Å². The van der Waals surface area contributed by atoms with E-state index in [9.17, 15) is 13.2 Å². The number of ether oxygens (including phenoxy) is 2. The largest absolute Gasteiger partial charge is 0.488 e. The van der Waals surface area contributed by atoms with Crippen LogP contribution in [0.4, 0.5) is 0 Å². The topological polar surface area (TPSA) is 102 Å². The average molecular weight is 357 g/mol. The molecule has 0 bridgehead atoms. The van der Waals surface area contributed by atoms with Crippen LogP contribution in [0.1, 0.15) is 18.4 Å². The number of carbonyl (C=O) groups excluding carboxylic acids is 1. The maximum Gasteiger partial charge on any atom is 0.221 e. The van der Waals surface area contributed by atoms with Gasteiger partial charge >= 0.3 is 0 Å². The van der Waals surface area contributed by atoms with Crippen LogP contribution in [-0.4, -0.2) is 56.8 Å². The zero-order chi connectivity index (χ0) is 17.6. The molecule has 2 N–H and O–H groups in total. The van der Waals surface area contributed by atoms with Gasteiger partial charge in [0.25, 0.3) is 0 Å². The number of amides is 1. The molecule has 1 aliphatic rings. The molecule has 7 nitrogen and oxygen atoms in total. The molecule has 2 rings (SSSR count). The second kappa shape index (κ2) is 8.46. The number of sulfone groups is 1. The van der Waals surface area contributed by atoms with E-state index in [-0.39, 0.29) is 36.8 Å². The minimum Gasteiger partial charge on any atom is -0.488 e. The van der Waals surface area contributed by atoms with Gasteiger partial charge in [0.2, 0.25) is 5.91 Å². The predicted molar refractivity (Wildman–Crippen MR) is 88.5 cm³/mol. The van der Waals surface area contributed by atoms with Crippen molar-refractivity contribution in [1.82, 2.24) is 5.32 Å². The van der Waals surface area contributed by atoms with Gasteiger partial charge in [0.05, 0.1) is 31.6 Å². The number of aliphatic hydroxyl groups is 1. The lowest BCUT2D eigenvalue weighted by atomic mass is 10.1. The van der Waals surface area contributed by atoms with Gasteiger partial charge in [-0.1, -0.05) is 12.1 Å². The van der Waals surface area contributed by atoms with Crippen molar-refractivity contribution in [2.45, 2.75) is 31.6 Å². The Morgan fingerprint density at radius 2 is 2.08 bits per heavy atom. The maximum atomic E-state index is 11.9. The first-order valence-corrected chi connectivity index (χ1v) is 9.85. The van der Waals surface area contributed by atoms with E-state index in [4.69, 9.17) is 14.6 Å². The van der Waals surface area contributed by atoms with Crippen molar-refractivity contribution in [2.24, 2.45) is 0 Å². The van der Waals surface area contributed by atoms with E-state index < -0.39 is 9.84 Å². The summed E-state index contributed by atoms with van der Waals surface area (Å²) in [6, 6.07) is 6.75. The zero-order valence-corrected chi connectivity index (χ0v) is 14.4. The van der Waals surface area contributed by atoms with E-state index >= 15 is 0 Å². The second-order valence-electron chi connectivity index (χ2n) is 5.88. The van der Waals surface area contributed by atoms with Crippen molar-refractivity contribution in [3.05, 3.63) is 29.8 Å². The smallest absolute Gasteiger partial charge is 0.221 e. The third kappa shape index (κ3) is 6.10. The lowest BCUT2D eigenvalue weighted by Crippen LogP contribution is -2.52. The first kappa shape index (κ1) is 18.7. The van der Waals surface area contributed by atoms with E-state index in [1.165, 1.54) is 0 Å². The van der Waals surface area contributed by atoms with Gasteiger partial charge in [0.15, 0.2) is 0 Å². The van der Waals surface area contributed by atoms with Crippen LogP contribution in [0, 0.1) is 0 Å². The van der Waals surface area contributed by atoms with Crippen molar-refractivity contribution < 1.29 is 27.8 Å². The molecule has 1 heterocycles. The van der Waals surface area contributed by atoms with Gasteiger partial charge in [-0.05, 0) is 17.7 Å². The molecule has 1 aromatic rings. The average Bonchev–Trinajstić information content (AvgIpc) is 2.55. The summed E-state index contributed by atoms with van der Waals surface area (Å²) < 4.78 is 33.6. The molecule has 1 aromatic carbocycles. The lowest BCUT2D eigenvalue weighted by molar-refractivity contribution is -0.123. The Hall–Kier alpha value is -1.64. The summed E-state index contributed by atoms with van der Waals surface area (Å²) >= 11 is 0. The SMILES string of the molecule is CS(=O)(=O)CCC(=O)N[C@@H]1COCC[C@H]1Oc1ccc(CO)cc1. The van der Waals surface area contributed by atoms with Gasteiger partial charge in [-0.2, -0.15) is 0 Å². The zero-order valence-electron chi connectivity index (χ0n) is 13.6. The molecule has 1 amide bonds. The minimum atomic E-state index is -3.17. The maximum absolute atomic E-state index is 11.9. The Kier molecular flexibility index (Phi) is 6.59. The summed E-state index contributed by atoms with van der Waals surface area (Å²) in [6.45, 7) is 0.829. The standard InChI is InChI=1S/C16H23NO6S/c1-24(20,21)9-7-16(19)17-14-11-22-8-6-15(14)23-13-4-2-12(10-18)3-5-13/h2-5,14-15,18H,6-11H2,1H3,(H,17,19)/t14-,15-/m1/s1. The van der Waals surface area contributed by atoms with Crippen molar-refractivity contribution in [3.63, 3.8) is 0 Å². The van der Waals surface area contributed by atoms with Gasteiger partial charge in [0.1, 0.15) is 21.7 Å². The molecule has 24 heavy (non-hydrogen) atoms. The fourth-order valence-corrected chi connectivity index (χ4v) is 2.96. The van der Waals surface area contributed by atoms with Crippen molar-refractivity contribution in [3.8, 4) is 5.75 Å². The Bertz CT molecular complexity index is 643. The highest BCUT2D eigenvalue weighted by Crippen LogP contribution is 2.19. The van der Waals surface area contributed by atoms with Crippen LogP contribution in [-0.2, 0) is 26.0 Å². The number of hydrogen-bond acceptors (Lipinski definition) is 6. The molecule has 8 heteroatoms. The van der Waals surface area contributed by atoms with Crippen LogP contribution < -0.4 is 10.1 Å². The predicted octanol–water partition coefficient (Wildman–Crippen LogP) is 0.266. The number of nitrogens with one attached hydrogen (secondary N) is 1. The highest BCUT2D eigenvalue weighted by molar-refractivity contribution is 7.90. The number of rotatable bonds is 7. The molecule has 0 aliphatic carbocycles. The molecule has 0 spiro atoms. The molecule has 1 aliphatic heterocycles. The van der Waals surface area contributed by atoms with E-state index in [0.717, 1.165) is 11.8 Å². The highest BCUT2D eigenvalue weighted by atomic mass is 32.2. The van der Waals surface area contributed by atoms with Crippen LogP contribution in [0.3, 0.4) is 0 Å². The fraction of sp³-hybridized carbons (Fsp3) is 0.562. The Balaban J connectivity index is 1.92. The third-order valence-corrected chi connectivity index (χ3v) is 4.68. The van der Waals surface area contributed by atoms with Crippen LogP contribution in [0.15, 0.2) is 24.3 Å². The van der Waals surface area contributed by atoms with Crippen molar-refractivity contribution >= 4 is 15.7 Å². The second-order valence-corrected chi connectivity index (χ2v) is 8.14. The lowest BCUT2D eigenvalue weighted by Gasteiger charge is -2.32. The van der Waals surface area contributed by atoms with E-state index in [0.29, 0.717) is 25.4 Å². The van der Waals surface area contributed by atoms with E-state index in [2.05, 4.69) is 5.32 Å². The number of aliphatic hydroxyl groups excluding tert-OH is 1. The molecule has 1 saturated heterocycles. The highest BCUT2D eigenvalue weighted by Gasteiger charge is 2.29. The molecule has 2 atom stereocenters. The van der Waals surface area contributed by atoms with Crippen LogP contribution in [0.5, 0.6) is 5.75 Å². The Morgan fingerprint density at radius 1 is 1.38 bits per heavy atom. The Morgan fingerprint density at radius 3 is 2.71 bits per heavy atom. The van der Waals surface area contributed by atoms with E-state index in [1.807, 2.05) is 0 Å². The first-order chi connectivity index (χ1) is 11.4. The third-order valence-electron chi connectivity index (χ3n) is 3.73. The van der Waals surface area contributed by atoms with Crippen molar-refractivity contribution in [2.75, 3.05) is 25.2 Å². The summed E-state index contributed by atoms with van der Waals surface area (Å²) in [5.74, 6) is 0.134. The molecule has 0 aromatic heterocycles. The van der Waals surface area contributed by atoms with E-state index in [1.54, 1.807) is 24.3 Å². The minimum absolute atomic E-state index is 0.0312. The summed E-state index contributed by atoms with van der Waals surface area (Å²) in [4.78, 5) is 11.9. The van der Waals surface area contributed by atoms with Gasteiger partial charge in [0, 0.05) is 19.1 Å². The summed E-state index contributed by atoms with van der Waals surface area (Å²) in [5, 5.41) is 11.8. The summed E-state index contributed by atoms with van der Waals surface area (Å²) in [6.07, 6.45) is 1.40. The normalized spacial score (nSPS) is 21.2.